The predicted octanol–water partition coefficient (Wildman–Crippen LogP) is 3.71. The van der Waals surface area contributed by atoms with Crippen LogP contribution in [-0.2, 0) is 17.7 Å². The highest BCUT2D eigenvalue weighted by Gasteiger charge is 2.23. The number of benzene rings is 1. The number of anilines is 2. The SMILES string of the molecule is Fc1ccc2[nH]c3c(c2c1)CN(c1ccc2nc(N4CCOCC4)sc2n1)CC3. The lowest BCUT2D eigenvalue weighted by atomic mass is 10.0. The number of fused-ring (bicyclic) bond motifs is 4. The first kappa shape index (κ1) is 17.2. The third-order valence-electron chi connectivity index (χ3n) is 5.77. The van der Waals surface area contributed by atoms with Crippen molar-refractivity contribution in [3.05, 3.63) is 47.4 Å². The molecular formula is C21H20FN5OS. The van der Waals surface area contributed by atoms with E-state index in [0.717, 1.165) is 78.0 Å². The first-order valence-corrected chi connectivity index (χ1v) is 10.7. The topological polar surface area (TPSA) is 57.3 Å². The van der Waals surface area contributed by atoms with Gasteiger partial charge in [-0.1, -0.05) is 11.3 Å². The van der Waals surface area contributed by atoms with E-state index in [0.29, 0.717) is 0 Å². The number of hydrogen-bond donors (Lipinski definition) is 1. The predicted molar refractivity (Wildman–Crippen MR) is 113 cm³/mol. The van der Waals surface area contributed by atoms with E-state index in [4.69, 9.17) is 14.7 Å². The summed E-state index contributed by atoms with van der Waals surface area (Å²) in [7, 11) is 0. The fourth-order valence-electron chi connectivity index (χ4n) is 4.24. The van der Waals surface area contributed by atoms with Crippen molar-refractivity contribution < 1.29 is 9.13 Å². The van der Waals surface area contributed by atoms with E-state index >= 15 is 0 Å². The number of rotatable bonds is 2. The number of nitrogens with zero attached hydrogens (tertiary/aromatic N) is 4. The number of hydrogen-bond acceptors (Lipinski definition) is 6. The van der Waals surface area contributed by atoms with Crippen LogP contribution in [0.3, 0.4) is 0 Å². The van der Waals surface area contributed by atoms with Gasteiger partial charge in [0.05, 0.1) is 13.2 Å². The van der Waals surface area contributed by atoms with E-state index in [1.54, 1.807) is 17.4 Å². The minimum Gasteiger partial charge on any atom is -0.378 e. The van der Waals surface area contributed by atoms with Crippen LogP contribution in [0.4, 0.5) is 15.3 Å². The monoisotopic (exact) mass is 409 g/mol. The number of morpholine rings is 1. The largest absolute Gasteiger partial charge is 0.378 e. The number of halogens is 1. The Morgan fingerprint density at radius 2 is 1.93 bits per heavy atom. The fourth-order valence-corrected chi connectivity index (χ4v) is 5.23. The van der Waals surface area contributed by atoms with Gasteiger partial charge in [0.2, 0.25) is 0 Å². The van der Waals surface area contributed by atoms with Gasteiger partial charge < -0.3 is 19.5 Å². The molecule has 3 aromatic heterocycles. The van der Waals surface area contributed by atoms with Crippen LogP contribution < -0.4 is 9.80 Å². The number of H-pyrrole nitrogens is 1. The van der Waals surface area contributed by atoms with Crippen molar-refractivity contribution in [2.24, 2.45) is 0 Å². The maximum absolute atomic E-state index is 13.8. The molecule has 1 aromatic carbocycles. The molecule has 1 N–H and O–H groups in total. The number of nitrogens with one attached hydrogen (secondary N) is 1. The molecule has 1 fully saturated rings. The summed E-state index contributed by atoms with van der Waals surface area (Å²) in [5.74, 6) is 0.752. The van der Waals surface area contributed by atoms with Crippen LogP contribution in [0.5, 0.6) is 0 Å². The average Bonchev–Trinajstić information content (AvgIpc) is 3.34. The van der Waals surface area contributed by atoms with Crippen molar-refractivity contribution in [3.63, 3.8) is 0 Å². The first-order valence-electron chi connectivity index (χ1n) is 9.89. The molecule has 0 aliphatic carbocycles. The molecule has 6 rings (SSSR count). The summed E-state index contributed by atoms with van der Waals surface area (Å²) < 4.78 is 19.2. The zero-order valence-corrected chi connectivity index (χ0v) is 16.6. The van der Waals surface area contributed by atoms with Gasteiger partial charge in [-0.3, -0.25) is 0 Å². The summed E-state index contributed by atoms with van der Waals surface area (Å²) >= 11 is 1.64. The van der Waals surface area contributed by atoms with Gasteiger partial charge in [0.1, 0.15) is 22.0 Å². The molecular weight excluding hydrogens is 389 g/mol. The van der Waals surface area contributed by atoms with Crippen LogP contribution in [0.2, 0.25) is 0 Å². The Morgan fingerprint density at radius 1 is 1.03 bits per heavy atom. The van der Waals surface area contributed by atoms with E-state index in [1.807, 2.05) is 12.1 Å². The molecule has 2 aliphatic rings. The number of aromatic nitrogens is 3. The molecule has 4 aromatic rings. The van der Waals surface area contributed by atoms with E-state index in [-0.39, 0.29) is 5.82 Å². The Labute approximate surface area is 170 Å². The van der Waals surface area contributed by atoms with Crippen LogP contribution in [-0.4, -0.2) is 47.8 Å². The minimum atomic E-state index is -0.198. The molecule has 1 saturated heterocycles. The lowest BCUT2D eigenvalue weighted by molar-refractivity contribution is 0.122. The smallest absolute Gasteiger partial charge is 0.188 e. The fraction of sp³-hybridized carbons (Fsp3) is 0.333. The highest BCUT2D eigenvalue weighted by Crippen LogP contribution is 2.33. The molecule has 0 atom stereocenters. The number of pyridine rings is 1. The van der Waals surface area contributed by atoms with Crippen LogP contribution in [0.15, 0.2) is 30.3 Å². The molecule has 0 radical (unpaired) electrons. The molecule has 29 heavy (non-hydrogen) atoms. The third kappa shape index (κ3) is 2.94. The quantitative estimate of drug-likeness (QED) is 0.547. The maximum Gasteiger partial charge on any atom is 0.188 e. The van der Waals surface area contributed by atoms with E-state index in [9.17, 15) is 4.39 Å². The second-order valence-electron chi connectivity index (χ2n) is 7.53. The lowest BCUT2D eigenvalue weighted by Gasteiger charge is -2.28. The Bertz CT molecular complexity index is 1210. The van der Waals surface area contributed by atoms with Crippen LogP contribution in [0.1, 0.15) is 11.3 Å². The number of aromatic amines is 1. The highest BCUT2D eigenvalue weighted by atomic mass is 32.1. The van der Waals surface area contributed by atoms with Crippen molar-refractivity contribution >= 4 is 43.5 Å². The Kier molecular flexibility index (Phi) is 3.95. The summed E-state index contributed by atoms with van der Waals surface area (Å²) in [5, 5.41) is 1.99. The lowest BCUT2D eigenvalue weighted by Crippen LogP contribution is -2.36. The zero-order valence-electron chi connectivity index (χ0n) is 15.8. The molecule has 2 aliphatic heterocycles. The molecule has 6 nitrogen and oxygen atoms in total. The van der Waals surface area contributed by atoms with Crippen molar-refractivity contribution in [2.75, 3.05) is 42.6 Å². The Hall–Kier alpha value is -2.71. The van der Waals surface area contributed by atoms with E-state index in [2.05, 4.69) is 20.9 Å². The molecule has 0 unspecified atom stereocenters. The van der Waals surface area contributed by atoms with Gasteiger partial charge in [-0.15, -0.1) is 0 Å². The number of thiazole rings is 1. The third-order valence-corrected chi connectivity index (χ3v) is 6.80. The van der Waals surface area contributed by atoms with Crippen LogP contribution >= 0.6 is 11.3 Å². The summed E-state index contributed by atoms with van der Waals surface area (Å²) in [4.78, 5) is 18.6. The van der Waals surface area contributed by atoms with E-state index in [1.165, 1.54) is 17.3 Å². The first-order chi connectivity index (χ1) is 14.2. The van der Waals surface area contributed by atoms with Gasteiger partial charge in [0.25, 0.3) is 0 Å². The van der Waals surface area contributed by atoms with Gasteiger partial charge >= 0.3 is 0 Å². The zero-order chi connectivity index (χ0) is 19.4. The molecule has 8 heteroatoms. The van der Waals surface area contributed by atoms with Crippen molar-refractivity contribution in [1.82, 2.24) is 15.0 Å². The van der Waals surface area contributed by atoms with Gasteiger partial charge in [-0.2, -0.15) is 0 Å². The Morgan fingerprint density at radius 3 is 2.83 bits per heavy atom. The Balaban J connectivity index is 1.32. The summed E-state index contributed by atoms with van der Waals surface area (Å²) in [6.45, 7) is 4.85. The maximum atomic E-state index is 13.8. The minimum absolute atomic E-state index is 0.198. The normalized spacial score (nSPS) is 17.3. The molecule has 0 amide bonds. The summed E-state index contributed by atoms with van der Waals surface area (Å²) in [5.41, 5.74) is 4.31. The van der Waals surface area contributed by atoms with E-state index < -0.39 is 0 Å². The van der Waals surface area contributed by atoms with Gasteiger partial charge in [0, 0.05) is 54.8 Å². The standard InChI is InChI=1S/C21H20FN5OS/c22-13-1-2-16-14(11-13)15-12-27(6-5-17(15)23-16)19-4-3-18-20(25-19)29-21(24-18)26-7-9-28-10-8-26/h1-4,11,23H,5-10,12H2. The van der Waals surface area contributed by atoms with Crippen LogP contribution in [0.25, 0.3) is 21.3 Å². The number of ether oxygens (including phenoxy) is 1. The molecule has 148 valence electrons. The molecule has 0 saturated carbocycles. The van der Waals surface area contributed by atoms with Gasteiger partial charge in [-0.25, -0.2) is 14.4 Å². The van der Waals surface area contributed by atoms with Crippen molar-refractivity contribution in [2.45, 2.75) is 13.0 Å². The second kappa shape index (κ2) is 6.67. The molecule has 0 spiro atoms. The molecule has 0 bridgehead atoms. The van der Waals surface area contributed by atoms with Gasteiger partial charge in [0.15, 0.2) is 5.13 Å². The molecule has 5 heterocycles. The highest BCUT2D eigenvalue weighted by molar-refractivity contribution is 7.21. The summed E-state index contributed by atoms with van der Waals surface area (Å²) in [6.07, 6.45) is 0.896. The van der Waals surface area contributed by atoms with Crippen LogP contribution in [0, 0.1) is 5.82 Å². The average molecular weight is 409 g/mol. The second-order valence-corrected chi connectivity index (χ2v) is 8.49. The van der Waals surface area contributed by atoms with Crippen molar-refractivity contribution in [3.8, 4) is 0 Å². The van der Waals surface area contributed by atoms with Gasteiger partial charge in [-0.05, 0) is 30.3 Å². The van der Waals surface area contributed by atoms with Crippen molar-refractivity contribution in [1.29, 1.82) is 0 Å². The summed E-state index contributed by atoms with van der Waals surface area (Å²) in [6, 6.07) is 9.06.